The Morgan fingerprint density at radius 3 is 1.54 bits per heavy atom. The van der Waals surface area contributed by atoms with Crippen molar-refractivity contribution in [1.29, 1.82) is 0 Å². The quantitative estimate of drug-likeness (QED) is 0.198. The van der Waals surface area contributed by atoms with Gasteiger partial charge in [-0.15, -0.1) is 0 Å². The maximum Gasteiger partial charge on any atom is 0.221 e. The molecule has 7 aromatic carbocycles. The van der Waals surface area contributed by atoms with Crippen molar-refractivity contribution >= 4 is 49.4 Å². The number of hydrogen-bond acceptors (Lipinski definition) is 2. The Hall–Kier alpha value is -6.52. The lowest BCUT2D eigenvalue weighted by Crippen LogP contribution is -2.06. The van der Waals surface area contributed by atoms with Crippen LogP contribution >= 0.6 is 0 Å². The van der Waals surface area contributed by atoms with Crippen molar-refractivity contribution < 1.29 is 0 Å². The molecule has 10 aromatic rings. The number of hydrogen-bond donors (Lipinski definition) is 0. The van der Waals surface area contributed by atoms with Crippen LogP contribution in [0.15, 0.2) is 170 Å². The van der Waals surface area contributed by atoms with Crippen molar-refractivity contribution in [1.82, 2.24) is 18.9 Å². The number of benzene rings is 7. The highest BCUT2D eigenvalue weighted by Crippen LogP contribution is 2.37. The summed E-state index contributed by atoms with van der Waals surface area (Å²) in [5.74, 6) is 0.829. The zero-order valence-electron chi connectivity index (χ0n) is 26.0. The summed E-state index contributed by atoms with van der Waals surface area (Å²) in [7, 11) is 0. The third-order valence-electron chi connectivity index (χ3n) is 9.54. The summed E-state index contributed by atoms with van der Waals surface area (Å²) >= 11 is 0. The second-order valence-electron chi connectivity index (χ2n) is 12.3. The molecule has 0 saturated carbocycles. The molecule has 0 fully saturated rings. The molecule has 0 saturated heterocycles. The fraction of sp³-hybridized carbons (Fsp3) is 0. The molecular weight excluding hydrogens is 585 g/mol. The minimum absolute atomic E-state index is 0.829. The van der Waals surface area contributed by atoms with Gasteiger partial charge in [0.2, 0.25) is 5.95 Å². The van der Waals surface area contributed by atoms with Gasteiger partial charge in [-0.2, -0.15) is 0 Å². The van der Waals surface area contributed by atoms with E-state index in [2.05, 4.69) is 167 Å². The van der Waals surface area contributed by atoms with Crippen LogP contribution in [-0.4, -0.2) is 18.9 Å². The summed E-state index contributed by atoms with van der Waals surface area (Å²) < 4.78 is 4.53. The van der Waals surface area contributed by atoms with Crippen molar-refractivity contribution in [2.45, 2.75) is 0 Å². The standard InChI is InChI=1S/C44H28N4/c1-2-10-29(11-3-1)30-18-20-31(21-19-30)32-22-24-33(25-23-32)34-26-27-36-35-12-5-8-16-40(35)47(42(36)28-34)44-46-38-14-6-4-13-37(38)43-45-39-15-7-9-17-41(39)48(43)44/h1-28H. The Balaban J connectivity index is 1.14. The first-order valence-electron chi connectivity index (χ1n) is 16.3. The third kappa shape index (κ3) is 4.10. The molecule has 0 aliphatic carbocycles. The van der Waals surface area contributed by atoms with Gasteiger partial charge >= 0.3 is 0 Å². The van der Waals surface area contributed by atoms with Crippen LogP contribution in [0.3, 0.4) is 0 Å². The normalized spacial score (nSPS) is 11.8. The van der Waals surface area contributed by atoms with E-state index in [0.717, 1.165) is 50.1 Å². The molecule has 0 N–H and O–H groups in total. The van der Waals surface area contributed by atoms with E-state index in [4.69, 9.17) is 9.97 Å². The van der Waals surface area contributed by atoms with Gasteiger partial charge in [0.25, 0.3) is 0 Å². The van der Waals surface area contributed by atoms with E-state index in [0.29, 0.717) is 0 Å². The molecule has 10 rings (SSSR count). The summed E-state index contributed by atoms with van der Waals surface area (Å²) in [6.45, 7) is 0. The molecule has 0 spiro atoms. The van der Waals surface area contributed by atoms with Crippen LogP contribution < -0.4 is 0 Å². The maximum absolute atomic E-state index is 5.33. The molecule has 3 heterocycles. The average Bonchev–Trinajstić information content (AvgIpc) is 3.71. The first-order chi connectivity index (χ1) is 23.8. The molecule has 0 aliphatic heterocycles. The predicted molar refractivity (Wildman–Crippen MR) is 199 cm³/mol. The monoisotopic (exact) mass is 612 g/mol. The summed E-state index contributed by atoms with van der Waals surface area (Å²) in [5, 5.41) is 3.42. The third-order valence-corrected chi connectivity index (χ3v) is 9.54. The lowest BCUT2D eigenvalue weighted by atomic mass is 9.97. The van der Waals surface area contributed by atoms with Crippen LogP contribution in [0, 0.1) is 0 Å². The largest absolute Gasteiger partial charge is 0.279 e. The molecule has 0 atom stereocenters. The number of aromatic nitrogens is 4. The molecule has 0 bridgehead atoms. The molecule has 4 nitrogen and oxygen atoms in total. The van der Waals surface area contributed by atoms with Gasteiger partial charge in [-0.3, -0.25) is 8.97 Å². The Kier molecular flexibility index (Phi) is 5.84. The van der Waals surface area contributed by atoms with Gasteiger partial charge in [-0.1, -0.05) is 133 Å². The van der Waals surface area contributed by atoms with E-state index in [1.807, 2.05) is 12.1 Å². The first-order valence-corrected chi connectivity index (χ1v) is 16.3. The summed E-state index contributed by atoms with van der Waals surface area (Å²) in [5.41, 5.74) is 13.2. The zero-order valence-corrected chi connectivity index (χ0v) is 26.0. The van der Waals surface area contributed by atoms with Crippen LogP contribution in [0.5, 0.6) is 0 Å². The average molecular weight is 613 g/mol. The van der Waals surface area contributed by atoms with Gasteiger partial charge in [0.15, 0.2) is 0 Å². The van der Waals surface area contributed by atoms with Crippen LogP contribution in [0.4, 0.5) is 0 Å². The van der Waals surface area contributed by atoms with Gasteiger partial charge < -0.3 is 0 Å². The molecule has 0 radical (unpaired) electrons. The van der Waals surface area contributed by atoms with E-state index in [-0.39, 0.29) is 0 Å². The zero-order chi connectivity index (χ0) is 31.6. The lowest BCUT2D eigenvalue weighted by Gasteiger charge is -2.13. The van der Waals surface area contributed by atoms with Crippen LogP contribution in [0.2, 0.25) is 0 Å². The molecule has 3 aromatic heterocycles. The Bertz CT molecular complexity index is 2810. The Morgan fingerprint density at radius 2 is 0.833 bits per heavy atom. The summed E-state index contributed by atoms with van der Waals surface area (Å²) in [4.78, 5) is 10.4. The Morgan fingerprint density at radius 1 is 0.333 bits per heavy atom. The number of para-hydroxylation sites is 4. The van der Waals surface area contributed by atoms with Crippen LogP contribution in [-0.2, 0) is 0 Å². The number of fused-ring (bicyclic) bond motifs is 8. The SMILES string of the molecule is c1ccc(-c2ccc(-c3ccc(-c4ccc5c6ccccc6n(-c6nc7ccccc7c7nc8ccccc8n67)c5c4)cc3)cc2)cc1. The van der Waals surface area contributed by atoms with Crippen LogP contribution in [0.25, 0.3) is 88.7 Å². The minimum Gasteiger partial charge on any atom is -0.279 e. The topological polar surface area (TPSA) is 35.1 Å². The van der Waals surface area contributed by atoms with Crippen molar-refractivity contribution in [3.05, 3.63) is 170 Å². The van der Waals surface area contributed by atoms with Crippen molar-refractivity contribution in [2.24, 2.45) is 0 Å². The smallest absolute Gasteiger partial charge is 0.221 e. The minimum atomic E-state index is 0.829. The second-order valence-corrected chi connectivity index (χ2v) is 12.3. The molecule has 48 heavy (non-hydrogen) atoms. The molecule has 0 amide bonds. The highest BCUT2D eigenvalue weighted by molar-refractivity contribution is 6.10. The summed E-state index contributed by atoms with van der Waals surface area (Å²) in [6.07, 6.45) is 0. The second kappa shape index (κ2) is 10.5. The van der Waals surface area contributed by atoms with E-state index in [1.54, 1.807) is 0 Å². The molecule has 0 unspecified atom stereocenters. The van der Waals surface area contributed by atoms with E-state index in [9.17, 15) is 0 Å². The summed E-state index contributed by atoms with van der Waals surface area (Å²) in [6, 6.07) is 60.2. The molecular formula is C44H28N4. The van der Waals surface area contributed by atoms with E-state index >= 15 is 0 Å². The molecule has 4 heteroatoms. The Labute approximate surface area is 276 Å². The predicted octanol–water partition coefficient (Wildman–Crippen LogP) is 11.1. The highest BCUT2D eigenvalue weighted by atomic mass is 15.2. The van der Waals surface area contributed by atoms with Gasteiger partial charge in [0.1, 0.15) is 5.65 Å². The van der Waals surface area contributed by atoms with E-state index in [1.165, 1.54) is 38.6 Å². The molecule has 0 aliphatic rings. The van der Waals surface area contributed by atoms with Crippen molar-refractivity contribution in [3.63, 3.8) is 0 Å². The maximum atomic E-state index is 5.33. The van der Waals surface area contributed by atoms with Crippen LogP contribution in [0.1, 0.15) is 0 Å². The first kappa shape index (κ1) is 26.7. The fourth-order valence-electron chi connectivity index (χ4n) is 7.18. The number of rotatable bonds is 4. The van der Waals surface area contributed by atoms with E-state index < -0.39 is 0 Å². The fourth-order valence-corrected chi connectivity index (χ4v) is 7.18. The van der Waals surface area contributed by atoms with Gasteiger partial charge in [0.05, 0.1) is 27.6 Å². The van der Waals surface area contributed by atoms with Gasteiger partial charge in [-0.05, 0) is 69.8 Å². The number of imidazole rings is 1. The highest BCUT2D eigenvalue weighted by Gasteiger charge is 2.20. The van der Waals surface area contributed by atoms with Crippen molar-refractivity contribution in [3.8, 4) is 39.3 Å². The van der Waals surface area contributed by atoms with Gasteiger partial charge in [-0.25, -0.2) is 9.97 Å². The van der Waals surface area contributed by atoms with Crippen molar-refractivity contribution in [2.75, 3.05) is 0 Å². The van der Waals surface area contributed by atoms with Gasteiger partial charge in [0, 0.05) is 16.2 Å². The molecule has 224 valence electrons. The number of nitrogens with zero attached hydrogens (tertiary/aromatic N) is 4. The lowest BCUT2D eigenvalue weighted by molar-refractivity contribution is 0.979.